The molecule has 0 aliphatic rings. The molecule has 0 spiro atoms. The third-order valence-electron chi connectivity index (χ3n) is 3.50. The van der Waals surface area contributed by atoms with Gasteiger partial charge in [-0.25, -0.2) is 0 Å². The molecule has 1 amide bonds. The van der Waals surface area contributed by atoms with Gasteiger partial charge in [-0.15, -0.1) is 0 Å². The Kier molecular flexibility index (Phi) is 6.31. The van der Waals surface area contributed by atoms with Gasteiger partial charge in [-0.3, -0.25) is 14.6 Å². The van der Waals surface area contributed by atoms with Crippen molar-refractivity contribution in [2.75, 3.05) is 14.2 Å². The fourth-order valence-corrected chi connectivity index (χ4v) is 2.18. The maximum atomic E-state index is 11.9. The topological polar surface area (TPSA) is 77.5 Å². The summed E-state index contributed by atoms with van der Waals surface area (Å²) in [5.41, 5.74) is 1.41. The van der Waals surface area contributed by atoms with Crippen molar-refractivity contribution in [3.05, 3.63) is 53.9 Å². The van der Waals surface area contributed by atoms with Gasteiger partial charge in [0, 0.05) is 37.3 Å². The summed E-state index contributed by atoms with van der Waals surface area (Å²) in [5.74, 6) is 0.969. The molecule has 1 heterocycles. The van der Waals surface area contributed by atoms with E-state index in [1.807, 2.05) is 6.07 Å². The molecule has 1 aromatic heterocycles. The minimum Gasteiger partial charge on any atom is -0.493 e. The summed E-state index contributed by atoms with van der Waals surface area (Å²) >= 11 is 0. The Balaban J connectivity index is 1.82. The molecule has 6 heteroatoms. The number of pyridine rings is 1. The largest absolute Gasteiger partial charge is 0.493 e. The zero-order valence-electron chi connectivity index (χ0n) is 13.7. The SMILES string of the molecule is COc1ccc(CNC(=O)CCC(=O)c2cccnc2)cc1OC. The molecule has 0 aliphatic heterocycles. The van der Waals surface area contributed by atoms with Gasteiger partial charge in [-0.05, 0) is 29.8 Å². The van der Waals surface area contributed by atoms with Gasteiger partial charge < -0.3 is 14.8 Å². The summed E-state index contributed by atoms with van der Waals surface area (Å²) < 4.78 is 10.4. The molecule has 6 nitrogen and oxygen atoms in total. The number of methoxy groups -OCH3 is 2. The molecule has 126 valence electrons. The first-order valence-electron chi connectivity index (χ1n) is 7.55. The molecule has 0 aliphatic carbocycles. The molecular formula is C18H20N2O4. The quantitative estimate of drug-likeness (QED) is 0.753. The van der Waals surface area contributed by atoms with Gasteiger partial charge >= 0.3 is 0 Å². The van der Waals surface area contributed by atoms with Crippen LogP contribution in [0.5, 0.6) is 11.5 Å². The van der Waals surface area contributed by atoms with E-state index >= 15 is 0 Å². The maximum Gasteiger partial charge on any atom is 0.220 e. The second kappa shape index (κ2) is 8.67. The van der Waals surface area contributed by atoms with Crippen LogP contribution < -0.4 is 14.8 Å². The number of rotatable bonds is 8. The van der Waals surface area contributed by atoms with E-state index in [9.17, 15) is 9.59 Å². The van der Waals surface area contributed by atoms with E-state index in [-0.39, 0.29) is 24.5 Å². The Bertz CT molecular complexity index is 701. The highest BCUT2D eigenvalue weighted by Crippen LogP contribution is 2.27. The Morgan fingerprint density at radius 1 is 1.08 bits per heavy atom. The molecule has 1 aromatic carbocycles. The first-order valence-corrected chi connectivity index (χ1v) is 7.55. The Morgan fingerprint density at radius 2 is 1.88 bits per heavy atom. The Morgan fingerprint density at radius 3 is 2.54 bits per heavy atom. The van der Waals surface area contributed by atoms with Crippen molar-refractivity contribution in [3.8, 4) is 11.5 Å². The van der Waals surface area contributed by atoms with Gasteiger partial charge in [-0.1, -0.05) is 6.07 Å². The standard InChI is InChI=1S/C18H20N2O4/c1-23-16-7-5-13(10-17(16)24-2)11-20-18(22)8-6-15(21)14-4-3-9-19-12-14/h3-5,7,9-10,12H,6,8,11H2,1-2H3,(H,20,22). The van der Waals surface area contributed by atoms with Gasteiger partial charge in [-0.2, -0.15) is 0 Å². The van der Waals surface area contributed by atoms with Gasteiger partial charge in [0.2, 0.25) is 5.91 Å². The molecule has 0 saturated heterocycles. The molecule has 2 aromatic rings. The highest BCUT2D eigenvalue weighted by Gasteiger charge is 2.10. The predicted molar refractivity (Wildman–Crippen MR) is 89.2 cm³/mol. The normalized spacial score (nSPS) is 10.1. The summed E-state index contributed by atoms with van der Waals surface area (Å²) in [5, 5.41) is 2.79. The van der Waals surface area contributed by atoms with Crippen molar-refractivity contribution >= 4 is 11.7 Å². The number of nitrogens with one attached hydrogen (secondary N) is 1. The predicted octanol–water partition coefficient (Wildman–Crippen LogP) is 2.38. The van der Waals surface area contributed by atoms with E-state index in [2.05, 4.69) is 10.3 Å². The van der Waals surface area contributed by atoms with E-state index in [4.69, 9.17) is 9.47 Å². The second-order valence-corrected chi connectivity index (χ2v) is 5.13. The Labute approximate surface area is 140 Å². The van der Waals surface area contributed by atoms with E-state index in [1.165, 1.54) is 6.20 Å². The number of hydrogen-bond donors (Lipinski definition) is 1. The molecule has 0 fully saturated rings. The summed E-state index contributed by atoms with van der Waals surface area (Å²) in [6, 6.07) is 8.83. The van der Waals surface area contributed by atoms with Gasteiger partial charge in [0.15, 0.2) is 17.3 Å². The monoisotopic (exact) mass is 328 g/mol. The first kappa shape index (κ1) is 17.5. The average Bonchev–Trinajstić information content (AvgIpc) is 2.64. The number of nitrogens with zero attached hydrogens (tertiary/aromatic N) is 1. The van der Waals surface area contributed by atoms with Crippen LogP contribution in [-0.4, -0.2) is 30.9 Å². The minimum atomic E-state index is -0.179. The molecule has 0 bridgehead atoms. The number of aromatic nitrogens is 1. The molecule has 0 atom stereocenters. The molecule has 0 saturated carbocycles. The van der Waals surface area contributed by atoms with Crippen LogP contribution in [-0.2, 0) is 11.3 Å². The van der Waals surface area contributed by atoms with Gasteiger partial charge in [0.25, 0.3) is 0 Å². The smallest absolute Gasteiger partial charge is 0.220 e. The van der Waals surface area contributed by atoms with Crippen LogP contribution in [0.4, 0.5) is 0 Å². The van der Waals surface area contributed by atoms with Crippen LogP contribution >= 0.6 is 0 Å². The van der Waals surface area contributed by atoms with Crippen molar-refractivity contribution in [1.29, 1.82) is 0 Å². The lowest BCUT2D eigenvalue weighted by molar-refractivity contribution is -0.121. The molecular weight excluding hydrogens is 308 g/mol. The lowest BCUT2D eigenvalue weighted by Crippen LogP contribution is -2.23. The lowest BCUT2D eigenvalue weighted by Gasteiger charge is -2.10. The first-order chi connectivity index (χ1) is 11.6. The molecule has 0 unspecified atom stereocenters. The fourth-order valence-electron chi connectivity index (χ4n) is 2.18. The fraction of sp³-hybridized carbons (Fsp3) is 0.278. The van der Waals surface area contributed by atoms with Crippen molar-refractivity contribution < 1.29 is 19.1 Å². The molecule has 1 N–H and O–H groups in total. The lowest BCUT2D eigenvalue weighted by atomic mass is 10.1. The van der Waals surface area contributed by atoms with E-state index in [0.717, 1.165) is 5.56 Å². The number of carbonyl (C=O) groups excluding carboxylic acids is 2. The third kappa shape index (κ3) is 4.81. The van der Waals surface area contributed by atoms with Crippen LogP contribution in [0.25, 0.3) is 0 Å². The zero-order chi connectivity index (χ0) is 17.4. The van der Waals surface area contributed by atoms with Crippen LogP contribution in [0, 0.1) is 0 Å². The van der Waals surface area contributed by atoms with Crippen molar-refractivity contribution in [2.24, 2.45) is 0 Å². The average molecular weight is 328 g/mol. The number of carbonyl (C=O) groups is 2. The van der Waals surface area contributed by atoms with Gasteiger partial charge in [0.1, 0.15) is 0 Å². The number of benzene rings is 1. The van der Waals surface area contributed by atoms with Gasteiger partial charge in [0.05, 0.1) is 14.2 Å². The van der Waals surface area contributed by atoms with Crippen molar-refractivity contribution in [2.45, 2.75) is 19.4 Å². The Hall–Kier alpha value is -2.89. The summed E-state index contributed by atoms with van der Waals surface area (Å²) in [6.07, 6.45) is 3.40. The minimum absolute atomic E-state index is 0.0932. The third-order valence-corrected chi connectivity index (χ3v) is 3.50. The highest BCUT2D eigenvalue weighted by atomic mass is 16.5. The maximum absolute atomic E-state index is 11.9. The van der Waals surface area contributed by atoms with Crippen LogP contribution in [0.2, 0.25) is 0 Å². The number of Topliss-reactive ketones (excluding diaryl/α,β-unsaturated/α-hetero) is 1. The second-order valence-electron chi connectivity index (χ2n) is 5.13. The zero-order valence-corrected chi connectivity index (χ0v) is 13.7. The van der Waals surface area contributed by atoms with Crippen LogP contribution in [0.15, 0.2) is 42.7 Å². The molecule has 24 heavy (non-hydrogen) atoms. The van der Waals surface area contributed by atoms with E-state index < -0.39 is 0 Å². The number of hydrogen-bond acceptors (Lipinski definition) is 5. The summed E-state index contributed by atoms with van der Waals surface area (Å²) in [7, 11) is 3.13. The molecule has 2 rings (SSSR count). The van der Waals surface area contributed by atoms with E-state index in [0.29, 0.717) is 23.6 Å². The van der Waals surface area contributed by atoms with Crippen LogP contribution in [0.3, 0.4) is 0 Å². The van der Waals surface area contributed by atoms with Crippen LogP contribution in [0.1, 0.15) is 28.8 Å². The van der Waals surface area contributed by atoms with E-state index in [1.54, 1.807) is 44.7 Å². The summed E-state index contributed by atoms with van der Waals surface area (Å²) in [4.78, 5) is 27.7. The number of ether oxygens (including phenoxy) is 2. The van der Waals surface area contributed by atoms with Crippen molar-refractivity contribution in [1.82, 2.24) is 10.3 Å². The highest BCUT2D eigenvalue weighted by molar-refractivity contribution is 5.97. The number of ketones is 1. The summed E-state index contributed by atoms with van der Waals surface area (Å²) in [6.45, 7) is 0.361. The number of amides is 1. The molecule has 0 radical (unpaired) electrons. The van der Waals surface area contributed by atoms with Crippen molar-refractivity contribution in [3.63, 3.8) is 0 Å².